The van der Waals surface area contributed by atoms with E-state index in [1.54, 1.807) is 4.90 Å². The monoisotopic (exact) mass is 453 g/mol. The molecule has 3 aromatic rings. The van der Waals surface area contributed by atoms with Gasteiger partial charge in [0, 0.05) is 10.0 Å². The molecule has 4 nitrogen and oxygen atoms in total. The highest BCUT2D eigenvalue weighted by Gasteiger charge is 2.52. The number of halogens is 1. The summed E-state index contributed by atoms with van der Waals surface area (Å²) in [6.45, 7) is 7.76. The van der Waals surface area contributed by atoms with E-state index < -0.39 is 5.60 Å². The lowest BCUT2D eigenvalue weighted by Crippen LogP contribution is -3.12. The molecular weight excluding hydrogens is 428 g/mol. The molecule has 0 aromatic heterocycles. The van der Waals surface area contributed by atoms with Crippen LogP contribution in [-0.2, 0) is 10.4 Å². The topological polar surface area (TPSA) is 45.0 Å². The number of fused-ring (bicyclic) bond motifs is 2. The zero-order valence-electron chi connectivity index (χ0n) is 16.8. The number of hydrogen-bond acceptors (Lipinski definition) is 2. The first-order chi connectivity index (χ1) is 14.0. The predicted molar refractivity (Wildman–Crippen MR) is 120 cm³/mol. The van der Waals surface area contributed by atoms with Gasteiger partial charge >= 0.3 is 0 Å². The number of nitrogens with one attached hydrogen (secondary N) is 1. The van der Waals surface area contributed by atoms with Crippen LogP contribution in [0, 0.1) is 0 Å². The first-order valence-electron chi connectivity index (χ1n) is 10.2. The van der Waals surface area contributed by atoms with Gasteiger partial charge in [0.1, 0.15) is 0 Å². The third-order valence-corrected chi connectivity index (χ3v) is 6.72. The molecule has 150 valence electrons. The van der Waals surface area contributed by atoms with Gasteiger partial charge in [-0.05, 0) is 48.4 Å². The molecule has 0 unspecified atom stereocenters. The van der Waals surface area contributed by atoms with Crippen molar-refractivity contribution in [2.45, 2.75) is 19.4 Å². The number of amides is 1. The average Bonchev–Trinajstić information content (AvgIpc) is 2.97. The average molecular weight is 454 g/mol. The first-order valence-corrected chi connectivity index (χ1v) is 11.0. The lowest BCUT2D eigenvalue weighted by molar-refractivity contribution is -0.894. The molecule has 1 amide bonds. The molecule has 0 saturated carbocycles. The van der Waals surface area contributed by atoms with Gasteiger partial charge < -0.3 is 14.9 Å². The summed E-state index contributed by atoms with van der Waals surface area (Å²) in [7, 11) is 0. The van der Waals surface area contributed by atoms with Gasteiger partial charge in [0.2, 0.25) is 0 Å². The zero-order valence-corrected chi connectivity index (χ0v) is 18.4. The van der Waals surface area contributed by atoms with E-state index in [4.69, 9.17) is 0 Å². The van der Waals surface area contributed by atoms with Crippen molar-refractivity contribution in [3.8, 4) is 0 Å². The first kappa shape index (κ1) is 20.1. The van der Waals surface area contributed by atoms with Gasteiger partial charge in [-0.3, -0.25) is 4.79 Å². The predicted octanol–water partition coefficient (Wildman–Crippen LogP) is 3.11. The van der Waals surface area contributed by atoms with E-state index in [-0.39, 0.29) is 5.91 Å². The summed E-state index contributed by atoms with van der Waals surface area (Å²) in [6, 6.07) is 19.5. The highest BCUT2D eigenvalue weighted by molar-refractivity contribution is 9.10. The van der Waals surface area contributed by atoms with Crippen LogP contribution in [-0.4, -0.2) is 37.2 Å². The number of rotatable bonds is 6. The molecule has 1 aliphatic heterocycles. The Labute approximate surface area is 179 Å². The van der Waals surface area contributed by atoms with Gasteiger partial charge in [-0.25, -0.2) is 0 Å². The maximum Gasteiger partial charge on any atom is 0.268 e. The maximum absolute atomic E-state index is 13.6. The highest BCUT2D eigenvalue weighted by Crippen LogP contribution is 2.48. The Morgan fingerprint density at radius 2 is 1.72 bits per heavy atom. The van der Waals surface area contributed by atoms with E-state index in [0.717, 1.165) is 40.6 Å². The maximum atomic E-state index is 13.6. The van der Waals surface area contributed by atoms with Crippen LogP contribution in [0.1, 0.15) is 25.0 Å². The van der Waals surface area contributed by atoms with Crippen molar-refractivity contribution >= 4 is 38.3 Å². The van der Waals surface area contributed by atoms with Crippen LogP contribution in [0.2, 0.25) is 0 Å². The summed E-state index contributed by atoms with van der Waals surface area (Å²) in [4.78, 5) is 16.8. The van der Waals surface area contributed by atoms with Gasteiger partial charge in [0.25, 0.3) is 5.91 Å². The van der Waals surface area contributed by atoms with E-state index in [1.807, 2.05) is 60.7 Å². The third kappa shape index (κ3) is 3.27. The highest BCUT2D eigenvalue weighted by atomic mass is 79.9. The number of nitrogens with zero attached hydrogens (tertiary/aromatic N) is 1. The molecule has 4 rings (SSSR count). The summed E-state index contributed by atoms with van der Waals surface area (Å²) >= 11 is 3.59. The minimum absolute atomic E-state index is 0.277. The molecule has 2 N–H and O–H groups in total. The fourth-order valence-corrected chi connectivity index (χ4v) is 4.93. The molecule has 29 heavy (non-hydrogen) atoms. The van der Waals surface area contributed by atoms with Crippen molar-refractivity contribution in [1.29, 1.82) is 0 Å². The third-order valence-electron chi connectivity index (χ3n) is 6.06. The quantitative estimate of drug-likeness (QED) is 0.602. The largest absolute Gasteiger partial charge is 0.372 e. The Balaban J connectivity index is 1.81. The number of benzene rings is 3. The zero-order chi connectivity index (χ0) is 20.6. The second-order valence-electron chi connectivity index (χ2n) is 7.57. The van der Waals surface area contributed by atoms with E-state index in [1.165, 1.54) is 4.90 Å². The smallest absolute Gasteiger partial charge is 0.268 e. The molecule has 0 saturated heterocycles. The number of anilines is 1. The molecule has 0 fully saturated rings. The second-order valence-corrected chi connectivity index (χ2v) is 8.42. The fourth-order valence-electron chi connectivity index (χ4n) is 4.29. The van der Waals surface area contributed by atoms with Crippen LogP contribution < -0.4 is 9.80 Å². The van der Waals surface area contributed by atoms with Crippen LogP contribution in [0.3, 0.4) is 0 Å². The molecule has 0 radical (unpaired) electrons. The van der Waals surface area contributed by atoms with Crippen LogP contribution in [0.25, 0.3) is 10.8 Å². The number of hydrogen-bond donors (Lipinski definition) is 2. The number of aliphatic hydroxyl groups is 1. The van der Waals surface area contributed by atoms with Crippen molar-refractivity contribution in [1.82, 2.24) is 0 Å². The van der Waals surface area contributed by atoms with E-state index in [0.29, 0.717) is 17.7 Å². The van der Waals surface area contributed by atoms with Gasteiger partial charge in [0.15, 0.2) is 5.60 Å². The van der Waals surface area contributed by atoms with Gasteiger partial charge in [-0.1, -0.05) is 58.4 Å². The van der Waals surface area contributed by atoms with Gasteiger partial charge in [0.05, 0.1) is 31.9 Å². The molecule has 1 atom stereocenters. The normalized spacial score (nSPS) is 18.7. The number of likely N-dealkylation sites (N-methyl/N-ethyl adjacent to an activating group) is 1. The Morgan fingerprint density at radius 1 is 1.00 bits per heavy atom. The summed E-state index contributed by atoms with van der Waals surface area (Å²) in [6.07, 6.45) is 0. The molecular formula is C24H26BrN2O2+. The minimum atomic E-state index is -1.70. The van der Waals surface area contributed by atoms with Crippen LogP contribution in [0.5, 0.6) is 0 Å². The summed E-state index contributed by atoms with van der Waals surface area (Å²) in [5.74, 6) is -0.277. The molecule has 1 heterocycles. The summed E-state index contributed by atoms with van der Waals surface area (Å²) < 4.78 is 0.747. The molecule has 0 bridgehead atoms. The minimum Gasteiger partial charge on any atom is -0.372 e. The van der Waals surface area contributed by atoms with E-state index >= 15 is 0 Å². The van der Waals surface area contributed by atoms with Gasteiger partial charge in [-0.2, -0.15) is 0 Å². The van der Waals surface area contributed by atoms with Crippen molar-refractivity contribution < 1.29 is 14.8 Å². The fraction of sp³-hybridized carbons (Fsp3) is 0.292. The SMILES string of the molecule is CC[NH+](CC)CCN1C(=O)[C@@](O)(c2ccc3ccccc3c2)c2c(Br)cccc21. The molecule has 0 spiro atoms. The second kappa shape index (κ2) is 7.90. The molecule has 3 aromatic carbocycles. The summed E-state index contributed by atoms with van der Waals surface area (Å²) in [5.41, 5.74) is 0.325. The molecule has 5 heteroatoms. The van der Waals surface area contributed by atoms with Crippen LogP contribution in [0.15, 0.2) is 65.1 Å². The summed E-state index contributed by atoms with van der Waals surface area (Å²) in [5, 5.41) is 13.9. The van der Waals surface area contributed by atoms with Crippen molar-refractivity contribution in [2.24, 2.45) is 0 Å². The lowest BCUT2D eigenvalue weighted by Gasteiger charge is -2.25. The number of quaternary nitrogens is 1. The molecule has 1 aliphatic rings. The van der Waals surface area contributed by atoms with Crippen molar-refractivity contribution in [3.05, 3.63) is 76.3 Å². The number of carbonyl (C=O) groups excluding carboxylic acids is 1. The van der Waals surface area contributed by atoms with Crippen molar-refractivity contribution in [3.63, 3.8) is 0 Å². The Morgan fingerprint density at radius 3 is 2.45 bits per heavy atom. The van der Waals surface area contributed by atoms with E-state index in [2.05, 4.69) is 29.8 Å². The van der Waals surface area contributed by atoms with Crippen molar-refractivity contribution in [2.75, 3.05) is 31.1 Å². The molecule has 0 aliphatic carbocycles. The van der Waals surface area contributed by atoms with E-state index in [9.17, 15) is 9.90 Å². The lowest BCUT2D eigenvalue weighted by atomic mass is 9.86. The van der Waals surface area contributed by atoms with Crippen LogP contribution >= 0.6 is 15.9 Å². The Bertz CT molecular complexity index is 1060. The Hall–Kier alpha value is -2.21. The van der Waals surface area contributed by atoms with Crippen LogP contribution in [0.4, 0.5) is 5.69 Å². The standard InChI is InChI=1S/C24H25BrN2O2/c1-3-26(4-2)14-15-27-21-11-7-10-20(25)22(21)24(29,23(27)28)19-13-12-17-8-5-6-9-18(17)16-19/h5-13,16,29H,3-4,14-15H2,1-2H3/p+1/t24-/m1/s1. The number of carbonyl (C=O) groups is 1. The van der Waals surface area contributed by atoms with Gasteiger partial charge in [-0.15, -0.1) is 0 Å². The Kier molecular flexibility index (Phi) is 5.47.